The van der Waals surface area contributed by atoms with Crippen LogP contribution in [0.3, 0.4) is 0 Å². The van der Waals surface area contributed by atoms with E-state index in [9.17, 15) is 4.79 Å². The fourth-order valence-corrected chi connectivity index (χ4v) is 4.03. The fraction of sp³-hybridized carbons (Fsp3) is 0.667. The van der Waals surface area contributed by atoms with Gasteiger partial charge in [0.15, 0.2) is 5.78 Å². The van der Waals surface area contributed by atoms with E-state index in [1.807, 2.05) is 12.1 Å². The highest BCUT2D eigenvalue weighted by Gasteiger charge is 2.29. The quantitative estimate of drug-likeness (QED) is 0.793. The zero-order chi connectivity index (χ0) is 13.2. The molecule has 1 atom stereocenters. The Hall–Kier alpha value is -0.710. The summed E-state index contributed by atoms with van der Waals surface area (Å²) >= 11 is 1.62. The van der Waals surface area contributed by atoms with Crippen LogP contribution in [0.5, 0.6) is 0 Å². The molecule has 3 rings (SSSR count). The maximum absolute atomic E-state index is 12.2. The summed E-state index contributed by atoms with van der Waals surface area (Å²) in [4.78, 5) is 19.3. The maximum atomic E-state index is 12.2. The average molecular weight is 278 g/mol. The van der Waals surface area contributed by atoms with Crippen LogP contribution < -0.4 is 0 Å². The van der Waals surface area contributed by atoms with Crippen molar-refractivity contribution in [3.05, 3.63) is 21.9 Å². The Bertz CT molecular complexity index is 457. The third-order valence-electron chi connectivity index (χ3n) is 4.30. The SMILES string of the molecule is Cc1ccc(C(=O)CN2CCN3CCCCC3C2)s1. The van der Waals surface area contributed by atoms with Crippen LogP contribution in [0, 0.1) is 6.92 Å². The molecule has 4 heteroatoms. The molecule has 19 heavy (non-hydrogen) atoms. The van der Waals surface area contributed by atoms with Crippen molar-refractivity contribution in [3.8, 4) is 0 Å². The molecule has 2 fully saturated rings. The van der Waals surface area contributed by atoms with Gasteiger partial charge in [0, 0.05) is 30.6 Å². The van der Waals surface area contributed by atoms with Crippen LogP contribution in [0.2, 0.25) is 0 Å². The number of ketones is 1. The van der Waals surface area contributed by atoms with Crippen LogP contribution in [0.25, 0.3) is 0 Å². The van der Waals surface area contributed by atoms with Gasteiger partial charge >= 0.3 is 0 Å². The van der Waals surface area contributed by atoms with Gasteiger partial charge in [-0.05, 0) is 38.4 Å². The maximum Gasteiger partial charge on any atom is 0.186 e. The first-order valence-electron chi connectivity index (χ1n) is 7.28. The smallest absolute Gasteiger partial charge is 0.186 e. The molecular formula is C15H22N2OS. The molecule has 2 saturated heterocycles. The molecule has 0 aromatic carbocycles. The Balaban J connectivity index is 1.57. The van der Waals surface area contributed by atoms with Crippen LogP contribution in [0.15, 0.2) is 12.1 Å². The van der Waals surface area contributed by atoms with Crippen molar-refractivity contribution in [2.75, 3.05) is 32.7 Å². The summed E-state index contributed by atoms with van der Waals surface area (Å²) in [6.07, 6.45) is 4.01. The predicted molar refractivity (Wildman–Crippen MR) is 79.0 cm³/mol. The van der Waals surface area contributed by atoms with Crippen molar-refractivity contribution in [2.24, 2.45) is 0 Å². The van der Waals surface area contributed by atoms with Gasteiger partial charge in [-0.2, -0.15) is 0 Å². The first kappa shape index (κ1) is 13.3. The molecule has 0 amide bonds. The van der Waals surface area contributed by atoms with E-state index >= 15 is 0 Å². The Morgan fingerprint density at radius 1 is 1.32 bits per heavy atom. The predicted octanol–water partition coefficient (Wildman–Crippen LogP) is 2.41. The lowest BCUT2D eigenvalue weighted by molar-refractivity contribution is 0.0470. The standard InChI is InChI=1S/C15H22N2OS/c1-12-5-6-15(19-12)14(18)11-16-8-9-17-7-3-2-4-13(17)10-16/h5-6,13H,2-4,7-11H2,1H3. The Morgan fingerprint density at radius 3 is 3.00 bits per heavy atom. The topological polar surface area (TPSA) is 23.6 Å². The molecule has 2 aliphatic rings. The number of hydrogen-bond donors (Lipinski definition) is 0. The molecular weight excluding hydrogens is 256 g/mol. The third-order valence-corrected chi connectivity index (χ3v) is 5.35. The van der Waals surface area contributed by atoms with E-state index in [4.69, 9.17) is 0 Å². The van der Waals surface area contributed by atoms with Crippen LogP contribution in [0.1, 0.15) is 33.8 Å². The number of rotatable bonds is 3. The number of carbonyl (C=O) groups is 1. The fourth-order valence-electron chi connectivity index (χ4n) is 3.23. The summed E-state index contributed by atoms with van der Waals surface area (Å²) in [6, 6.07) is 4.70. The molecule has 3 heterocycles. The zero-order valence-corrected chi connectivity index (χ0v) is 12.4. The number of piperidine rings is 1. The van der Waals surface area contributed by atoms with Crippen molar-refractivity contribution in [3.63, 3.8) is 0 Å². The molecule has 2 aliphatic heterocycles. The molecule has 0 spiro atoms. The summed E-state index contributed by atoms with van der Waals surface area (Å²) in [5, 5.41) is 0. The van der Waals surface area contributed by atoms with Gasteiger partial charge in [-0.15, -0.1) is 11.3 Å². The van der Waals surface area contributed by atoms with Gasteiger partial charge in [-0.25, -0.2) is 0 Å². The van der Waals surface area contributed by atoms with Crippen molar-refractivity contribution >= 4 is 17.1 Å². The van der Waals surface area contributed by atoms with E-state index in [1.165, 1.54) is 30.7 Å². The first-order chi connectivity index (χ1) is 9.22. The normalized spacial score (nSPS) is 25.2. The van der Waals surface area contributed by atoms with Crippen LogP contribution in [0.4, 0.5) is 0 Å². The first-order valence-corrected chi connectivity index (χ1v) is 8.10. The number of Topliss-reactive ketones (excluding diaryl/α,β-unsaturated/α-hetero) is 1. The summed E-state index contributed by atoms with van der Waals surface area (Å²) in [5.74, 6) is 0.294. The van der Waals surface area contributed by atoms with Crippen LogP contribution in [-0.2, 0) is 0 Å². The molecule has 0 saturated carbocycles. The van der Waals surface area contributed by atoms with E-state index in [0.29, 0.717) is 18.4 Å². The second-order valence-electron chi connectivity index (χ2n) is 5.75. The third kappa shape index (κ3) is 3.07. The molecule has 0 radical (unpaired) electrons. The average Bonchev–Trinajstić information content (AvgIpc) is 2.85. The van der Waals surface area contributed by atoms with E-state index in [1.54, 1.807) is 11.3 Å². The highest BCUT2D eigenvalue weighted by atomic mass is 32.1. The number of piperazine rings is 1. The second kappa shape index (κ2) is 5.73. The van der Waals surface area contributed by atoms with Crippen LogP contribution >= 0.6 is 11.3 Å². The van der Waals surface area contributed by atoms with Gasteiger partial charge in [-0.3, -0.25) is 14.6 Å². The van der Waals surface area contributed by atoms with Crippen molar-refractivity contribution in [1.29, 1.82) is 0 Å². The van der Waals surface area contributed by atoms with Crippen LogP contribution in [-0.4, -0.2) is 54.3 Å². The Labute approximate surface area is 119 Å². The van der Waals surface area contributed by atoms with Crippen molar-refractivity contribution in [2.45, 2.75) is 32.2 Å². The number of aryl methyl sites for hydroxylation is 1. The lowest BCUT2D eigenvalue weighted by Crippen LogP contribution is -2.55. The highest BCUT2D eigenvalue weighted by Crippen LogP contribution is 2.22. The molecule has 104 valence electrons. The Kier molecular flexibility index (Phi) is 4.01. The Morgan fingerprint density at radius 2 is 2.21 bits per heavy atom. The largest absolute Gasteiger partial charge is 0.298 e. The molecule has 1 unspecified atom stereocenters. The molecule has 0 aliphatic carbocycles. The van der Waals surface area contributed by atoms with Gasteiger partial charge in [0.25, 0.3) is 0 Å². The van der Waals surface area contributed by atoms with E-state index < -0.39 is 0 Å². The number of carbonyl (C=O) groups excluding carboxylic acids is 1. The highest BCUT2D eigenvalue weighted by molar-refractivity contribution is 7.14. The summed E-state index contributed by atoms with van der Waals surface area (Å²) in [5.41, 5.74) is 0. The molecule has 3 nitrogen and oxygen atoms in total. The van der Waals surface area contributed by atoms with Crippen molar-refractivity contribution in [1.82, 2.24) is 9.80 Å². The van der Waals surface area contributed by atoms with E-state index in [-0.39, 0.29) is 0 Å². The zero-order valence-electron chi connectivity index (χ0n) is 11.6. The number of fused-ring (bicyclic) bond motifs is 1. The minimum absolute atomic E-state index is 0.294. The molecule has 1 aromatic heterocycles. The summed E-state index contributed by atoms with van der Waals surface area (Å²) < 4.78 is 0. The number of hydrogen-bond acceptors (Lipinski definition) is 4. The van der Waals surface area contributed by atoms with E-state index in [2.05, 4.69) is 16.7 Å². The lowest BCUT2D eigenvalue weighted by atomic mass is 9.99. The van der Waals surface area contributed by atoms with Gasteiger partial charge in [0.1, 0.15) is 0 Å². The molecule has 0 N–H and O–H groups in total. The number of thiophene rings is 1. The molecule has 1 aromatic rings. The van der Waals surface area contributed by atoms with E-state index in [0.717, 1.165) is 24.5 Å². The summed E-state index contributed by atoms with van der Waals surface area (Å²) in [7, 11) is 0. The van der Waals surface area contributed by atoms with Gasteiger partial charge in [-0.1, -0.05) is 6.42 Å². The lowest BCUT2D eigenvalue weighted by Gasteiger charge is -2.43. The minimum Gasteiger partial charge on any atom is -0.298 e. The van der Waals surface area contributed by atoms with Gasteiger partial charge < -0.3 is 0 Å². The second-order valence-corrected chi connectivity index (χ2v) is 7.04. The monoisotopic (exact) mass is 278 g/mol. The minimum atomic E-state index is 0.294. The number of nitrogens with zero attached hydrogens (tertiary/aromatic N) is 2. The summed E-state index contributed by atoms with van der Waals surface area (Å²) in [6.45, 7) is 7.19. The van der Waals surface area contributed by atoms with Crippen molar-refractivity contribution < 1.29 is 4.79 Å². The molecule has 0 bridgehead atoms. The van der Waals surface area contributed by atoms with Gasteiger partial charge in [0.2, 0.25) is 0 Å². The van der Waals surface area contributed by atoms with Gasteiger partial charge in [0.05, 0.1) is 11.4 Å².